The highest BCUT2D eigenvalue weighted by molar-refractivity contribution is 5.89. The number of aliphatic hydroxyl groups is 1. The van der Waals surface area contributed by atoms with Crippen molar-refractivity contribution in [2.24, 2.45) is 0 Å². The van der Waals surface area contributed by atoms with Crippen molar-refractivity contribution < 1.29 is 37.3 Å². The van der Waals surface area contributed by atoms with Gasteiger partial charge in [0.1, 0.15) is 0 Å². The third kappa shape index (κ3) is 4.42. The lowest BCUT2D eigenvalue weighted by Gasteiger charge is -2.35. The average Bonchev–Trinajstić information content (AvgIpc) is 2.50. The molecule has 0 spiro atoms. The Morgan fingerprint density at radius 3 is 2.52 bits per heavy atom. The van der Waals surface area contributed by atoms with Crippen LogP contribution >= 0.6 is 0 Å². The van der Waals surface area contributed by atoms with Gasteiger partial charge in [0.05, 0.1) is 18.2 Å². The van der Waals surface area contributed by atoms with E-state index in [0.717, 1.165) is 0 Å². The van der Waals surface area contributed by atoms with E-state index in [1.54, 1.807) is 23.5 Å². The molecule has 1 fully saturated rings. The fourth-order valence-corrected chi connectivity index (χ4v) is 2.08. The molecule has 0 saturated carbocycles. The topological polar surface area (TPSA) is 84.9 Å². The van der Waals surface area contributed by atoms with Crippen LogP contribution in [0.3, 0.4) is 0 Å². The van der Waals surface area contributed by atoms with Crippen LogP contribution in [-0.2, 0) is 14.3 Å². The molecule has 126 valence electrons. The minimum absolute atomic E-state index is 0.0361. The molecule has 6 nitrogen and oxygen atoms in total. The third-order valence-corrected chi connectivity index (χ3v) is 3.22. The summed E-state index contributed by atoms with van der Waals surface area (Å²) in [7, 11) is 0. The van der Waals surface area contributed by atoms with Crippen molar-refractivity contribution in [2.75, 3.05) is 6.61 Å². The van der Waals surface area contributed by atoms with Crippen LogP contribution in [0, 0.1) is 0 Å². The fourth-order valence-electron chi connectivity index (χ4n) is 2.08. The van der Waals surface area contributed by atoms with Gasteiger partial charge >= 0.3 is 18.1 Å². The van der Waals surface area contributed by atoms with Crippen molar-refractivity contribution in [1.29, 1.82) is 0 Å². The van der Waals surface area contributed by atoms with Crippen molar-refractivity contribution in [3.63, 3.8) is 0 Å². The maximum atomic E-state index is 12.3. The van der Waals surface area contributed by atoms with Gasteiger partial charge in [0.2, 0.25) is 0 Å². The van der Waals surface area contributed by atoms with Crippen LogP contribution in [0.15, 0.2) is 30.3 Å². The molecule has 1 aliphatic rings. The lowest BCUT2D eigenvalue weighted by molar-refractivity contribution is -0.202. The maximum Gasteiger partial charge on any atom is 0.471 e. The van der Waals surface area contributed by atoms with Gasteiger partial charge in [-0.1, -0.05) is 18.2 Å². The fraction of sp³-hybridized carbons (Fsp3) is 0.429. The van der Waals surface area contributed by atoms with Gasteiger partial charge in [-0.2, -0.15) is 13.2 Å². The largest absolute Gasteiger partial charge is 0.471 e. The highest BCUT2D eigenvalue weighted by atomic mass is 19.4. The van der Waals surface area contributed by atoms with E-state index in [1.807, 2.05) is 0 Å². The number of carbonyl (C=O) groups excluding carboxylic acids is 2. The molecule has 1 saturated heterocycles. The van der Waals surface area contributed by atoms with Gasteiger partial charge in [-0.15, -0.1) is 0 Å². The van der Waals surface area contributed by atoms with E-state index in [4.69, 9.17) is 9.47 Å². The molecule has 1 aromatic rings. The molecule has 0 aliphatic carbocycles. The van der Waals surface area contributed by atoms with E-state index in [2.05, 4.69) is 0 Å². The smallest absolute Gasteiger partial charge is 0.451 e. The number of halogens is 3. The molecule has 23 heavy (non-hydrogen) atoms. The summed E-state index contributed by atoms with van der Waals surface area (Å²) in [5.41, 5.74) is 0.158. The first-order valence-corrected chi connectivity index (χ1v) is 6.72. The Morgan fingerprint density at radius 1 is 1.26 bits per heavy atom. The van der Waals surface area contributed by atoms with Gasteiger partial charge in [-0.3, -0.25) is 4.79 Å². The Morgan fingerprint density at radius 2 is 1.91 bits per heavy atom. The summed E-state index contributed by atoms with van der Waals surface area (Å²) < 4.78 is 46.9. The quantitative estimate of drug-likeness (QED) is 0.806. The highest BCUT2D eigenvalue weighted by Gasteiger charge is 2.44. The minimum Gasteiger partial charge on any atom is -0.451 e. The zero-order chi connectivity index (χ0) is 17.0. The van der Waals surface area contributed by atoms with Crippen molar-refractivity contribution in [3.05, 3.63) is 35.9 Å². The van der Waals surface area contributed by atoms with Gasteiger partial charge in [0.25, 0.3) is 0 Å². The van der Waals surface area contributed by atoms with E-state index in [1.165, 1.54) is 12.1 Å². The van der Waals surface area contributed by atoms with Gasteiger partial charge in [-0.05, 0) is 18.6 Å². The molecule has 0 radical (unpaired) electrons. The van der Waals surface area contributed by atoms with Crippen molar-refractivity contribution >= 4 is 11.9 Å². The molecule has 2 rings (SSSR count). The SMILES string of the molecule is O=C(O[C@@H]1[C@H](NC(=O)C(F)(F)F)CCO[C@@H]1O)c1ccccc1. The van der Waals surface area contributed by atoms with E-state index in [-0.39, 0.29) is 18.6 Å². The Hall–Kier alpha value is -2.13. The number of benzene rings is 1. The van der Waals surface area contributed by atoms with Crippen LogP contribution in [0.5, 0.6) is 0 Å². The summed E-state index contributed by atoms with van der Waals surface area (Å²) in [6, 6.07) is 6.51. The predicted octanol–water partition coefficient (Wildman–Crippen LogP) is 0.998. The predicted molar refractivity (Wildman–Crippen MR) is 70.2 cm³/mol. The van der Waals surface area contributed by atoms with Crippen LogP contribution in [0.1, 0.15) is 16.8 Å². The second-order valence-corrected chi connectivity index (χ2v) is 4.86. The summed E-state index contributed by atoms with van der Waals surface area (Å²) in [6.07, 6.45) is -8.18. The summed E-state index contributed by atoms with van der Waals surface area (Å²) in [5.74, 6) is -3.01. The van der Waals surface area contributed by atoms with Crippen LogP contribution < -0.4 is 5.32 Å². The molecule has 1 aromatic carbocycles. The number of nitrogens with one attached hydrogen (secondary N) is 1. The second kappa shape index (κ2) is 6.97. The first-order chi connectivity index (χ1) is 10.8. The lowest BCUT2D eigenvalue weighted by atomic mass is 10.0. The van der Waals surface area contributed by atoms with Crippen LogP contribution in [0.4, 0.5) is 13.2 Å². The van der Waals surface area contributed by atoms with Gasteiger partial charge in [0.15, 0.2) is 12.4 Å². The summed E-state index contributed by atoms with van der Waals surface area (Å²) in [5, 5.41) is 11.4. The number of hydrogen-bond donors (Lipinski definition) is 2. The van der Waals surface area contributed by atoms with Gasteiger partial charge in [-0.25, -0.2) is 4.79 Å². The second-order valence-electron chi connectivity index (χ2n) is 4.86. The molecule has 2 N–H and O–H groups in total. The Labute approximate surface area is 129 Å². The number of ether oxygens (including phenoxy) is 2. The summed E-state index contributed by atoms with van der Waals surface area (Å²) in [4.78, 5) is 23.0. The molecular formula is C14H14F3NO5. The van der Waals surface area contributed by atoms with Crippen LogP contribution in [0.2, 0.25) is 0 Å². The molecule has 3 atom stereocenters. The van der Waals surface area contributed by atoms with E-state index in [0.29, 0.717) is 0 Å². The van der Waals surface area contributed by atoms with Crippen molar-refractivity contribution in [1.82, 2.24) is 5.32 Å². The number of alkyl halides is 3. The first-order valence-electron chi connectivity index (χ1n) is 6.72. The third-order valence-electron chi connectivity index (χ3n) is 3.22. The zero-order valence-corrected chi connectivity index (χ0v) is 11.7. The molecule has 0 unspecified atom stereocenters. The first kappa shape index (κ1) is 17.2. The summed E-state index contributed by atoms with van der Waals surface area (Å²) >= 11 is 0. The molecule has 1 aliphatic heterocycles. The van der Waals surface area contributed by atoms with E-state index < -0.39 is 36.5 Å². The van der Waals surface area contributed by atoms with E-state index in [9.17, 15) is 27.9 Å². The highest BCUT2D eigenvalue weighted by Crippen LogP contribution is 2.21. The number of rotatable bonds is 3. The number of hydrogen-bond acceptors (Lipinski definition) is 5. The molecular weight excluding hydrogens is 319 g/mol. The van der Waals surface area contributed by atoms with Crippen molar-refractivity contribution in [3.8, 4) is 0 Å². The average molecular weight is 333 g/mol. The Bertz CT molecular complexity index is 563. The van der Waals surface area contributed by atoms with Crippen molar-refractivity contribution in [2.45, 2.75) is 31.0 Å². The monoisotopic (exact) mass is 333 g/mol. The number of carbonyl (C=O) groups is 2. The lowest BCUT2D eigenvalue weighted by Crippen LogP contribution is -2.57. The molecule has 1 amide bonds. The van der Waals surface area contributed by atoms with Crippen LogP contribution in [0.25, 0.3) is 0 Å². The number of esters is 1. The molecule has 1 heterocycles. The standard InChI is InChI=1S/C14H14F3NO5/c15-14(16,17)13(21)18-9-6-7-22-12(20)10(9)23-11(19)8-4-2-1-3-5-8/h1-5,9-10,12,20H,6-7H2,(H,18,21)/t9-,10-,12+/m1/s1. The van der Waals surface area contributed by atoms with Crippen LogP contribution in [-0.4, -0.2) is 48.2 Å². The van der Waals surface area contributed by atoms with Gasteiger partial charge in [0, 0.05) is 0 Å². The Kier molecular flexibility index (Phi) is 5.22. The normalized spacial score (nSPS) is 24.8. The minimum atomic E-state index is -5.07. The molecule has 9 heteroatoms. The maximum absolute atomic E-state index is 12.3. The molecule has 0 bridgehead atoms. The van der Waals surface area contributed by atoms with Gasteiger partial charge < -0.3 is 19.9 Å². The number of amides is 1. The number of aliphatic hydroxyl groups excluding tert-OH is 1. The van der Waals surface area contributed by atoms with E-state index >= 15 is 0 Å². The molecule has 0 aromatic heterocycles. The zero-order valence-electron chi connectivity index (χ0n) is 11.7. The summed E-state index contributed by atoms with van der Waals surface area (Å²) in [6.45, 7) is -0.0800. The Balaban J connectivity index is 2.09.